The monoisotopic (exact) mass is 1510 g/mol. The van der Waals surface area contributed by atoms with Crippen LogP contribution < -0.4 is 0 Å². The van der Waals surface area contributed by atoms with Crippen LogP contribution in [0.1, 0.15) is 452 Å². The normalized spacial score (nSPS) is 13.8. The number of rotatable bonds is 84. The van der Waals surface area contributed by atoms with Gasteiger partial charge in [-0.1, -0.05) is 401 Å². The minimum atomic E-state index is -4.96. The molecule has 0 saturated carbocycles. The van der Waals surface area contributed by atoms with E-state index in [2.05, 4.69) is 34.6 Å². The zero-order chi connectivity index (χ0) is 75.5. The summed E-state index contributed by atoms with van der Waals surface area (Å²) in [6.45, 7) is 7.37. The van der Waals surface area contributed by atoms with Crippen molar-refractivity contribution >= 4 is 39.5 Å². The molecular formula is C84H164O17P2. The van der Waals surface area contributed by atoms with Gasteiger partial charge in [0, 0.05) is 25.7 Å². The molecule has 0 radical (unpaired) electrons. The third-order valence-electron chi connectivity index (χ3n) is 19.8. The van der Waals surface area contributed by atoms with E-state index in [1.165, 1.54) is 276 Å². The third kappa shape index (κ3) is 78.0. The van der Waals surface area contributed by atoms with Gasteiger partial charge in [-0.15, -0.1) is 0 Å². The van der Waals surface area contributed by atoms with Crippen molar-refractivity contribution in [2.75, 3.05) is 39.6 Å². The lowest BCUT2D eigenvalue weighted by atomic mass is 10.0. The molecule has 0 rings (SSSR count). The summed E-state index contributed by atoms with van der Waals surface area (Å²) in [5, 5.41) is 10.7. The van der Waals surface area contributed by atoms with Gasteiger partial charge in [-0.25, -0.2) is 9.13 Å². The Morgan fingerprint density at radius 2 is 0.447 bits per heavy atom. The number of aliphatic hydroxyl groups is 1. The van der Waals surface area contributed by atoms with E-state index in [1.54, 1.807) is 0 Å². The van der Waals surface area contributed by atoms with Crippen LogP contribution in [0.4, 0.5) is 0 Å². The molecule has 0 aliphatic heterocycles. The lowest BCUT2D eigenvalue weighted by Gasteiger charge is -2.21. The fraction of sp³-hybridized carbons (Fsp3) is 0.952. The van der Waals surface area contributed by atoms with E-state index in [0.717, 1.165) is 95.8 Å². The first kappa shape index (κ1) is 101. The fourth-order valence-corrected chi connectivity index (χ4v) is 14.7. The molecule has 0 fully saturated rings. The average Bonchev–Trinajstić information content (AvgIpc) is 1.97. The van der Waals surface area contributed by atoms with Crippen LogP contribution in [0.25, 0.3) is 0 Å². The molecule has 19 heteroatoms. The molecule has 103 heavy (non-hydrogen) atoms. The van der Waals surface area contributed by atoms with Crippen LogP contribution in [0.3, 0.4) is 0 Å². The first-order valence-electron chi connectivity index (χ1n) is 43.6. The van der Waals surface area contributed by atoms with Crippen molar-refractivity contribution in [2.45, 2.75) is 470 Å². The first-order chi connectivity index (χ1) is 50.0. The molecule has 0 amide bonds. The van der Waals surface area contributed by atoms with Crippen LogP contribution in [-0.2, 0) is 65.4 Å². The molecule has 17 nitrogen and oxygen atoms in total. The molecule has 0 bridgehead atoms. The number of unbranched alkanes of at least 4 members (excludes halogenated alkanes) is 56. The second-order valence-corrected chi connectivity index (χ2v) is 33.6. The van der Waals surface area contributed by atoms with Gasteiger partial charge in [0.05, 0.1) is 26.4 Å². The van der Waals surface area contributed by atoms with Gasteiger partial charge in [0.15, 0.2) is 12.2 Å². The molecule has 2 unspecified atom stereocenters. The van der Waals surface area contributed by atoms with Crippen molar-refractivity contribution in [3.8, 4) is 0 Å². The maximum Gasteiger partial charge on any atom is 0.472 e. The summed E-state index contributed by atoms with van der Waals surface area (Å²) >= 11 is 0. The Kier molecular flexibility index (Phi) is 75.4. The molecule has 3 N–H and O–H groups in total. The number of carbonyl (C=O) groups is 4. The van der Waals surface area contributed by atoms with Gasteiger partial charge in [-0.05, 0) is 31.6 Å². The summed E-state index contributed by atoms with van der Waals surface area (Å²) in [5.74, 6) is -1.31. The molecule has 0 spiro atoms. The van der Waals surface area contributed by atoms with Gasteiger partial charge < -0.3 is 33.8 Å². The SMILES string of the molecule is CCCCCCCCCCCCCCCCCCCCCCCC(=O)O[C@H](COC(=O)CCCCCCCCCCCCCCCC(C)C)COP(=O)(O)OC[C@@H](O)COP(=O)(O)OC[C@@H](COC(=O)CCCCCCCCCCCCC)OC(=O)CCCCCCCCCCCCCCCCC. The molecule has 0 aliphatic carbocycles. The van der Waals surface area contributed by atoms with Crippen LogP contribution in [0.15, 0.2) is 0 Å². The average molecular weight is 1510 g/mol. The van der Waals surface area contributed by atoms with E-state index < -0.39 is 97.5 Å². The molecule has 5 atom stereocenters. The van der Waals surface area contributed by atoms with Crippen molar-refractivity contribution in [1.82, 2.24) is 0 Å². The number of hydrogen-bond donors (Lipinski definition) is 3. The minimum absolute atomic E-state index is 0.109. The number of hydrogen-bond acceptors (Lipinski definition) is 15. The highest BCUT2D eigenvalue weighted by Crippen LogP contribution is 2.45. The highest BCUT2D eigenvalue weighted by molar-refractivity contribution is 7.47. The first-order valence-corrected chi connectivity index (χ1v) is 46.6. The number of phosphoric ester groups is 2. The smallest absolute Gasteiger partial charge is 0.462 e. The lowest BCUT2D eigenvalue weighted by molar-refractivity contribution is -0.161. The molecule has 0 saturated heterocycles. The van der Waals surface area contributed by atoms with E-state index in [-0.39, 0.29) is 25.7 Å². The predicted molar refractivity (Wildman–Crippen MR) is 423 cm³/mol. The highest BCUT2D eigenvalue weighted by Gasteiger charge is 2.30. The second-order valence-electron chi connectivity index (χ2n) is 30.7. The fourth-order valence-electron chi connectivity index (χ4n) is 13.1. The summed E-state index contributed by atoms with van der Waals surface area (Å²) < 4.78 is 68.8. The highest BCUT2D eigenvalue weighted by atomic mass is 31.2. The predicted octanol–water partition coefficient (Wildman–Crippen LogP) is 25.6. The summed E-state index contributed by atoms with van der Waals surface area (Å²) in [5.41, 5.74) is 0. The van der Waals surface area contributed by atoms with Crippen molar-refractivity contribution in [1.29, 1.82) is 0 Å². The maximum atomic E-state index is 13.1. The summed E-state index contributed by atoms with van der Waals surface area (Å²) in [4.78, 5) is 73.1. The van der Waals surface area contributed by atoms with Crippen LogP contribution in [0.5, 0.6) is 0 Å². The van der Waals surface area contributed by atoms with Gasteiger partial charge in [-0.3, -0.25) is 37.3 Å². The van der Waals surface area contributed by atoms with Crippen molar-refractivity contribution in [3.63, 3.8) is 0 Å². The lowest BCUT2D eigenvalue weighted by Crippen LogP contribution is -2.30. The topological polar surface area (TPSA) is 237 Å². The van der Waals surface area contributed by atoms with Crippen LogP contribution in [0, 0.1) is 5.92 Å². The third-order valence-corrected chi connectivity index (χ3v) is 21.7. The maximum absolute atomic E-state index is 13.1. The molecule has 0 aromatic rings. The zero-order valence-electron chi connectivity index (χ0n) is 67.5. The summed E-state index contributed by atoms with van der Waals surface area (Å²) in [6.07, 6.45) is 69.3. The van der Waals surface area contributed by atoms with E-state index >= 15 is 0 Å². The Labute approximate surface area is 632 Å². The Bertz CT molecular complexity index is 1960. The van der Waals surface area contributed by atoms with Gasteiger partial charge in [0.1, 0.15) is 19.3 Å². The zero-order valence-corrected chi connectivity index (χ0v) is 69.3. The molecule has 0 aromatic heterocycles. The van der Waals surface area contributed by atoms with Crippen LogP contribution in [0.2, 0.25) is 0 Å². The van der Waals surface area contributed by atoms with E-state index in [4.69, 9.17) is 37.0 Å². The van der Waals surface area contributed by atoms with Gasteiger partial charge in [0.25, 0.3) is 0 Å². The minimum Gasteiger partial charge on any atom is -0.462 e. The number of carbonyl (C=O) groups excluding carboxylic acids is 4. The summed E-state index contributed by atoms with van der Waals surface area (Å²) in [6, 6.07) is 0. The Hall–Kier alpha value is -1.94. The Balaban J connectivity index is 5.23. The standard InChI is InChI=1S/C84H164O17P2/c1-6-9-12-15-18-21-24-26-28-29-30-31-32-33-35-39-45-50-55-60-65-70-84(89)101-80(74-95-82(87)68-63-58-53-48-43-40-36-37-42-46-51-56-61-66-77(4)5)76-99-103(92,93)97-72-78(85)71-96-102(90,91)98-75-79(73-94-81(86)67-62-57-52-47-41-23-20-17-14-11-8-3)100-83(88)69-64-59-54-49-44-38-34-27-25-22-19-16-13-10-7-2/h77-80,85H,6-76H2,1-5H3,(H,90,91)(H,92,93)/t78-,79+,80+/m0/s1. The molecular weight excluding hydrogens is 1340 g/mol. The number of esters is 4. The number of ether oxygens (including phenoxy) is 4. The van der Waals surface area contributed by atoms with Crippen molar-refractivity contribution in [2.24, 2.45) is 5.92 Å². The number of phosphoric acid groups is 2. The number of aliphatic hydroxyl groups excluding tert-OH is 1. The second kappa shape index (κ2) is 76.8. The van der Waals surface area contributed by atoms with Crippen molar-refractivity contribution < 1.29 is 80.2 Å². The summed E-state index contributed by atoms with van der Waals surface area (Å²) in [7, 11) is -9.92. The van der Waals surface area contributed by atoms with Crippen molar-refractivity contribution in [3.05, 3.63) is 0 Å². The molecule has 0 heterocycles. The van der Waals surface area contributed by atoms with Gasteiger partial charge in [0.2, 0.25) is 0 Å². The van der Waals surface area contributed by atoms with Crippen LogP contribution >= 0.6 is 15.6 Å². The van der Waals surface area contributed by atoms with Gasteiger partial charge in [-0.2, -0.15) is 0 Å². The largest absolute Gasteiger partial charge is 0.472 e. The molecule has 612 valence electrons. The van der Waals surface area contributed by atoms with Crippen LogP contribution in [-0.4, -0.2) is 96.7 Å². The van der Waals surface area contributed by atoms with E-state index in [9.17, 15) is 43.2 Å². The van der Waals surface area contributed by atoms with Gasteiger partial charge >= 0.3 is 39.5 Å². The molecule has 0 aliphatic rings. The van der Waals surface area contributed by atoms with E-state index in [0.29, 0.717) is 25.7 Å². The molecule has 0 aromatic carbocycles. The quantitative estimate of drug-likeness (QED) is 0.0222. The Morgan fingerprint density at radius 3 is 0.660 bits per heavy atom. The van der Waals surface area contributed by atoms with E-state index in [1.807, 2.05) is 0 Å². The Morgan fingerprint density at radius 1 is 0.262 bits per heavy atom.